The summed E-state index contributed by atoms with van der Waals surface area (Å²) in [6, 6.07) is 1.66. The topological polar surface area (TPSA) is 22.0 Å². The van der Waals surface area contributed by atoms with Crippen molar-refractivity contribution in [1.82, 2.24) is 3.96 Å². The molecule has 0 aliphatic carbocycles. The third-order valence-electron chi connectivity index (χ3n) is 4.52. The number of aromatic nitrogens is 1. The molecule has 1 aromatic rings. The Morgan fingerprint density at radius 1 is 0.833 bits per heavy atom. The lowest BCUT2D eigenvalue weighted by Crippen LogP contribution is -2.11. The Morgan fingerprint density at radius 3 is 1.92 bits per heavy atom. The van der Waals surface area contributed by atoms with Gasteiger partial charge >= 0.3 is 0 Å². The summed E-state index contributed by atoms with van der Waals surface area (Å²) in [5, 5.41) is 1.88. The van der Waals surface area contributed by atoms with Gasteiger partial charge in [0.2, 0.25) is 0 Å². The molecular formula is C21H37NOS. The van der Waals surface area contributed by atoms with E-state index >= 15 is 0 Å². The summed E-state index contributed by atoms with van der Waals surface area (Å²) in [5.74, 6) is 0. The molecule has 0 aliphatic rings. The average Bonchev–Trinajstić information content (AvgIpc) is 2.99. The van der Waals surface area contributed by atoms with E-state index in [4.69, 9.17) is 0 Å². The molecule has 0 atom stereocenters. The van der Waals surface area contributed by atoms with Crippen LogP contribution in [0.5, 0.6) is 0 Å². The Hall–Kier alpha value is -0.830. The van der Waals surface area contributed by atoms with Crippen LogP contribution in [0.25, 0.3) is 0 Å². The van der Waals surface area contributed by atoms with Crippen molar-refractivity contribution >= 4 is 11.5 Å². The predicted molar refractivity (Wildman–Crippen MR) is 108 cm³/mol. The molecule has 0 saturated carbocycles. The van der Waals surface area contributed by atoms with Crippen LogP contribution in [0.4, 0.5) is 0 Å². The monoisotopic (exact) mass is 351 g/mol. The third kappa shape index (κ3) is 11.7. The zero-order valence-corrected chi connectivity index (χ0v) is 16.5. The van der Waals surface area contributed by atoms with Gasteiger partial charge in [-0.2, -0.15) is 0 Å². The molecule has 138 valence electrons. The van der Waals surface area contributed by atoms with E-state index in [0.29, 0.717) is 0 Å². The average molecular weight is 352 g/mol. The van der Waals surface area contributed by atoms with Gasteiger partial charge in [-0.15, -0.1) is 0 Å². The lowest BCUT2D eigenvalue weighted by Gasteiger charge is -2.01. The number of nitrogens with zero attached hydrogens (tertiary/aromatic N) is 1. The number of rotatable bonds is 16. The Morgan fingerprint density at radius 2 is 1.38 bits per heavy atom. The van der Waals surface area contributed by atoms with Gasteiger partial charge in [0.1, 0.15) is 0 Å². The molecule has 2 nitrogen and oxygen atoms in total. The van der Waals surface area contributed by atoms with E-state index < -0.39 is 0 Å². The molecule has 0 fully saturated rings. The standard InChI is InChI=1S/C21H37NOS/c1-2-3-4-5-6-7-8-9-10-11-12-13-14-15-16-17-19-22-21(23)18-20-24-22/h9-10,18,20H,2-8,11-17,19H2,1H3/b10-9-. The number of aryl methyl sites for hydroxylation is 1. The van der Waals surface area contributed by atoms with Gasteiger partial charge in [0, 0.05) is 18.0 Å². The van der Waals surface area contributed by atoms with E-state index in [2.05, 4.69) is 19.1 Å². The van der Waals surface area contributed by atoms with Gasteiger partial charge in [-0.05, 0) is 32.1 Å². The van der Waals surface area contributed by atoms with E-state index in [0.717, 1.165) is 13.0 Å². The van der Waals surface area contributed by atoms with Gasteiger partial charge in [-0.25, -0.2) is 0 Å². The van der Waals surface area contributed by atoms with Crippen LogP contribution in [-0.4, -0.2) is 3.96 Å². The molecule has 0 saturated heterocycles. The highest BCUT2D eigenvalue weighted by Crippen LogP contribution is 2.10. The first-order valence-electron chi connectivity index (χ1n) is 10.1. The quantitative estimate of drug-likeness (QED) is 0.233. The molecule has 0 spiro atoms. The summed E-state index contributed by atoms with van der Waals surface area (Å²) in [5.41, 5.74) is 0.160. The second-order valence-corrected chi connectivity index (χ2v) is 7.71. The van der Waals surface area contributed by atoms with Crippen LogP contribution in [0.2, 0.25) is 0 Å². The van der Waals surface area contributed by atoms with E-state index in [1.165, 1.54) is 95.0 Å². The number of hydrogen-bond donors (Lipinski definition) is 0. The molecule has 1 rings (SSSR count). The molecule has 0 bridgehead atoms. The highest BCUT2D eigenvalue weighted by Gasteiger charge is 1.96. The first-order chi connectivity index (χ1) is 11.8. The van der Waals surface area contributed by atoms with Crippen molar-refractivity contribution in [3.8, 4) is 0 Å². The SMILES string of the molecule is CCCCCCCC/C=C\CCCCCCCCn1sccc1=O. The summed E-state index contributed by atoms with van der Waals surface area (Å²) < 4.78 is 1.86. The Kier molecular flexibility index (Phi) is 13.9. The second-order valence-electron chi connectivity index (χ2n) is 6.79. The first kappa shape index (κ1) is 21.2. The van der Waals surface area contributed by atoms with Gasteiger partial charge in [-0.3, -0.25) is 8.75 Å². The van der Waals surface area contributed by atoms with Crippen molar-refractivity contribution < 1.29 is 0 Å². The van der Waals surface area contributed by atoms with Crippen LogP contribution in [0.3, 0.4) is 0 Å². The van der Waals surface area contributed by atoms with Crippen LogP contribution in [0.15, 0.2) is 28.4 Å². The summed E-state index contributed by atoms with van der Waals surface area (Å²) >= 11 is 1.53. The molecule has 0 aromatic carbocycles. The molecule has 24 heavy (non-hydrogen) atoms. The maximum absolute atomic E-state index is 11.4. The van der Waals surface area contributed by atoms with Gasteiger partial charge in [0.15, 0.2) is 0 Å². The summed E-state index contributed by atoms with van der Waals surface area (Å²) in [6.07, 6.45) is 23.4. The minimum Gasteiger partial charge on any atom is -0.268 e. The smallest absolute Gasteiger partial charge is 0.260 e. The Balaban J connectivity index is 1.78. The highest BCUT2D eigenvalue weighted by molar-refractivity contribution is 7.04. The zero-order chi connectivity index (χ0) is 17.3. The minimum atomic E-state index is 0.160. The van der Waals surface area contributed by atoms with Gasteiger partial charge < -0.3 is 0 Å². The van der Waals surface area contributed by atoms with Crippen molar-refractivity contribution in [2.45, 2.75) is 103 Å². The Bertz CT molecular complexity index is 460. The van der Waals surface area contributed by atoms with Gasteiger partial charge in [-0.1, -0.05) is 88.4 Å². The third-order valence-corrected chi connectivity index (χ3v) is 5.39. The first-order valence-corrected chi connectivity index (χ1v) is 11.0. The van der Waals surface area contributed by atoms with Crippen LogP contribution < -0.4 is 5.56 Å². The number of allylic oxidation sites excluding steroid dienone is 2. The van der Waals surface area contributed by atoms with E-state index in [1.54, 1.807) is 6.07 Å². The van der Waals surface area contributed by atoms with Crippen LogP contribution in [0, 0.1) is 0 Å². The van der Waals surface area contributed by atoms with Crippen LogP contribution in [-0.2, 0) is 6.54 Å². The largest absolute Gasteiger partial charge is 0.268 e. The molecule has 0 radical (unpaired) electrons. The summed E-state index contributed by atoms with van der Waals surface area (Å²) in [6.45, 7) is 3.17. The van der Waals surface area contributed by atoms with Crippen molar-refractivity contribution in [2.75, 3.05) is 0 Å². The van der Waals surface area contributed by atoms with Crippen molar-refractivity contribution in [1.29, 1.82) is 0 Å². The molecule has 0 N–H and O–H groups in total. The zero-order valence-electron chi connectivity index (χ0n) is 15.7. The maximum atomic E-state index is 11.4. The van der Waals surface area contributed by atoms with Crippen molar-refractivity contribution in [3.63, 3.8) is 0 Å². The predicted octanol–water partition coefficient (Wildman–Crippen LogP) is 6.95. The van der Waals surface area contributed by atoms with Crippen molar-refractivity contribution in [3.05, 3.63) is 34.0 Å². The van der Waals surface area contributed by atoms with E-state index in [-0.39, 0.29) is 5.56 Å². The molecule has 0 aliphatic heterocycles. The molecule has 3 heteroatoms. The Labute approximate surface area is 153 Å². The highest BCUT2D eigenvalue weighted by atomic mass is 32.1. The minimum absolute atomic E-state index is 0.160. The van der Waals surface area contributed by atoms with Gasteiger partial charge in [0.05, 0.1) is 0 Å². The normalized spacial score (nSPS) is 11.5. The molecule has 0 amide bonds. The van der Waals surface area contributed by atoms with E-state index in [1.807, 2.05) is 9.34 Å². The number of hydrogen-bond acceptors (Lipinski definition) is 2. The maximum Gasteiger partial charge on any atom is 0.260 e. The van der Waals surface area contributed by atoms with Gasteiger partial charge in [0.25, 0.3) is 5.56 Å². The van der Waals surface area contributed by atoms with Crippen molar-refractivity contribution in [2.24, 2.45) is 0 Å². The van der Waals surface area contributed by atoms with Crippen LogP contribution >= 0.6 is 11.5 Å². The second kappa shape index (κ2) is 15.7. The molecule has 1 heterocycles. The lowest BCUT2D eigenvalue weighted by molar-refractivity contribution is 0.563. The molecule has 1 aromatic heterocycles. The van der Waals surface area contributed by atoms with Crippen LogP contribution in [0.1, 0.15) is 96.8 Å². The fourth-order valence-corrected chi connectivity index (χ4v) is 3.69. The fraction of sp³-hybridized carbons (Fsp3) is 0.762. The fourth-order valence-electron chi connectivity index (χ4n) is 2.96. The lowest BCUT2D eigenvalue weighted by atomic mass is 10.1. The van der Waals surface area contributed by atoms with E-state index in [9.17, 15) is 4.79 Å². The summed E-state index contributed by atoms with van der Waals surface area (Å²) in [4.78, 5) is 11.4. The summed E-state index contributed by atoms with van der Waals surface area (Å²) in [7, 11) is 0. The molecular weight excluding hydrogens is 314 g/mol. The number of unbranched alkanes of at least 4 members (excludes halogenated alkanes) is 12. The molecule has 0 unspecified atom stereocenters.